The molecule has 7 N–H and O–H groups in total. The predicted molar refractivity (Wildman–Crippen MR) is 225 cm³/mol. The average Bonchev–Trinajstić information content (AvgIpc) is 3.23. The summed E-state index contributed by atoms with van der Waals surface area (Å²) < 4.78 is 18.5. The van der Waals surface area contributed by atoms with Gasteiger partial charge in [-0.05, 0) is 84.1 Å². The lowest BCUT2D eigenvalue weighted by Gasteiger charge is -2.20. The van der Waals surface area contributed by atoms with Gasteiger partial charge in [0, 0.05) is 61.3 Å². The largest absolute Gasteiger partial charge is 0.492 e. The first-order valence-corrected chi connectivity index (χ1v) is 19.6. The lowest BCUT2D eigenvalue weighted by Crippen LogP contribution is -2.28. The minimum atomic E-state index is -1.10. The molecule has 0 bridgehead atoms. The molecule has 0 radical (unpaired) electrons. The molecule has 310 valence electrons. The molecule has 1 unspecified atom stereocenters. The Hall–Kier alpha value is -5.56. The van der Waals surface area contributed by atoms with E-state index in [0.717, 1.165) is 38.9 Å². The number of aliphatic carboxylic acids is 1. The van der Waals surface area contributed by atoms with Gasteiger partial charge in [0.25, 0.3) is 0 Å². The van der Waals surface area contributed by atoms with Crippen LogP contribution in [0, 0.1) is 25.2 Å². The van der Waals surface area contributed by atoms with Crippen LogP contribution < -0.4 is 30.2 Å². The van der Waals surface area contributed by atoms with Gasteiger partial charge in [-0.25, -0.2) is 0 Å². The highest BCUT2D eigenvalue weighted by Crippen LogP contribution is 2.38. The molecule has 0 spiro atoms. The Bertz CT molecular complexity index is 2250. The highest BCUT2D eigenvalue weighted by atomic mass is 35.5. The Morgan fingerprint density at radius 1 is 0.847 bits per heavy atom. The zero-order valence-electron chi connectivity index (χ0n) is 33.3. The van der Waals surface area contributed by atoms with Gasteiger partial charge < -0.3 is 45.3 Å². The maximum atomic E-state index is 11.0. The van der Waals surface area contributed by atoms with E-state index in [4.69, 9.17) is 36.0 Å². The summed E-state index contributed by atoms with van der Waals surface area (Å²) >= 11 is 6.77. The second kappa shape index (κ2) is 22.0. The van der Waals surface area contributed by atoms with E-state index in [1.165, 1.54) is 6.20 Å². The van der Waals surface area contributed by atoms with Crippen LogP contribution in [0.1, 0.15) is 51.6 Å². The molecule has 59 heavy (non-hydrogen) atoms. The van der Waals surface area contributed by atoms with Crippen molar-refractivity contribution in [2.45, 2.75) is 52.4 Å². The lowest BCUT2D eigenvalue weighted by atomic mass is 9.89. The van der Waals surface area contributed by atoms with Crippen LogP contribution in [0.3, 0.4) is 0 Å². The summed E-state index contributed by atoms with van der Waals surface area (Å²) in [6, 6.07) is 25.2. The van der Waals surface area contributed by atoms with Crippen LogP contribution in [-0.4, -0.2) is 77.4 Å². The Morgan fingerprint density at radius 3 is 2.34 bits per heavy atom. The number of nitrogens with one attached hydrogen (secondary N) is 3. The average molecular weight is 824 g/mol. The second-order valence-electron chi connectivity index (χ2n) is 13.9. The van der Waals surface area contributed by atoms with Gasteiger partial charge in [-0.2, -0.15) is 5.26 Å². The summed E-state index contributed by atoms with van der Waals surface area (Å²) in [6.07, 6.45) is 0.673. The Kier molecular flexibility index (Phi) is 16.6. The van der Waals surface area contributed by atoms with Crippen LogP contribution in [0.2, 0.25) is 5.02 Å². The summed E-state index contributed by atoms with van der Waals surface area (Å²) in [6.45, 7) is 6.16. The molecule has 14 heteroatoms. The number of carboxylic acids is 1. The summed E-state index contributed by atoms with van der Waals surface area (Å²) in [4.78, 5) is 15.1. The summed E-state index contributed by atoms with van der Waals surface area (Å²) in [5.41, 5.74) is 9.39. The molecule has 0 saturated heterocycles. The van der Waals surface area contributed by atoms with Crippen LogP contribution in [-0.2, 0) is 24.6 Å². The van der Waals surface area contributed by atoms with Gasteiger partial charge >= 0.3 is 5.97 Å². The van der Waals surface area contributed by atoms with E-state index >= 15 is 0 Å². The van der Waals surface area contributed by atoms with Crippen molar-refractivity contribution in [1.29, 1.82) is 5.26 Å². The minimum Gasteiger partial charge on any atom is -0.492 e. The molecule has 13 nitrogen and oxygen atoms in total. The smallest absolute Gasteiger partial charge is 0.306 e. The van der Waals surface area contributed by atoms with Crippen LogP contribution in [0.5, 0.6) is 17.2 Å². The number of pyridine rings is 1. The van der Waals surface area contributed by atoms with Crippen LogP contribution in [0.4, 0.5) is 0 Å². The first-order chi connectivity index (χ1) is 28.5. The van der Waals surface area contributed by atoms with E-state index in [9.17, 15) is 20.3 Å². The molecule has 0 amide bonds. The van der Waals surface area contributed by atoms with E-state index in [2.05, 4.69) is 59.1 Å². The number of nitrogens with zero attached hydrogens (tertiary/aromatic N) is 2. The van der Waals surface area contributed by atoms with Crippen LogP contribution in [0.25, 0.3) is 22.3 Å². The number of aliphatic hydroxyl groups is 3. The monoisotopic (exact) mass is 823 g/mol. The fourth-order valence-corrected chi connectivity index (χ4v) is 6.82. The number of carboxylic acid groups (broad SMARTS) is 1. The number of aliphatic hydroxyl groups excluding tert-OH is 3. The number of aromatic nitrogens is 1. The number of ether oxygens (including phenoxy) is 3. The van der Waals surface area contributed by atoms with E-state index in [1.54, 1.807) is 31.4 Å². The van der Waals surface area contributed by atoms with Crippen molar-refractivity contribution < 1.29 is 39.4 Å². The molecule has 4 aromatic carbocycles. The number of halogens is 1. The highest BCUT2D eigenvalue weighted by molar-refractivity contribution is 6.32. The third-order valence-electron chi connectivity index (χ3n) is 9.71. The van der Waals surface area contributed by atoms with Crippen LogP contribution >= 0.6 is 11.6 Å². The molecule has 0 aliphatic heterocycles. The number of carbonyl (C=O) groups is 1. The van der Waals surface area contributed by atoms with E-state index in [0.29, 0.717) is 64.2 Å². The summed E-state index contributed by atoms with van der Waals surface area (Å²) in [7, 11) is 1.68. The molecule has 2 atom stereocenters. The molecule has 0 aliphatic rings. The van der Waals surface area contributed by atoms with Gasteiger partial charge in [-0.15, -0.1) is 0 Å². The van der Waals surface area contributed by atoms with Gasteiger partial charge in [0.15, 0.2) is 0 Å². The molecule has 1 aromatic heterocycles. The molecule has 0 aliphatic carbocycles. The molecule has 5 rings (SSSR count). The Morgan fingerprint density at radius 2 is 1.59 bits per heavy atom. The maximum absolute atomic E-state index is 11.0. The number of rotatable bonds is 22. The SMILES string of the molecule is CNC(O)c1cc(-c2cccc(-c3cccc(COc4cc(OCc5cncc(C#N)c5)c(CNC[C@@H](O)CC(=O)O)cc4Cl)c3C)c2C)ccc1OCCNCCO. The Labute approximate surface area is 349 Å². The zero-order chi connectivity index (χ0) is 42.3. The van der Waals surface area contributed by atoms with Gasteiger partial charge in [0.05, 0.1) is 29.7 Å². The van der Waals surface area contributed by atoms with Gasteiger partial charge in [0.2, 0.25) is 0 Å². The number of hydrogen-bond acceptors (Lipinski definition) is 12. The standard InChI is InChI=1S/C45H50ClN5O8/c1-28-33(27-59-43-20-42(58-26-31-16-30(21-47)22-50-23-31)34(18-40(43)46)24-51-25-35(53)19-44(54)55)6-4-8-37(28)38-9-5-7-36(29(38)2)32-10-11-41(39(17-32)45(56)48-3)57-15-13-49-12-14-52/h4-11,16-18,20,22-23,35,45,48-49,51-53,56H,12-15,19,24-27H2,1-3H3,(H,54,55)/t35-,45?/m0/s1. The van der Waals surface area contributed by atoms with Crippen molar-refractivity contribution in [2.24, 2.45) is 0 Å². The fraction of sp³-hybridized carbons (Fsp3) is 0.311. The van der Waals surface area contributed by atoms with Gasteiger partial charge in [0.1, 0.15) is 49.4 Å². The summed E-state index contributed by atoms with van der Waals surface area (Å²) in [5.74, 6) is 0.306. The maximum Gasteiger partial charge on any atom is 0.306 e. The van der Waals surface area contributed by atoms with Gasteiger partial charge in [-0.3, -0.25) is 15.1 Å². The van der Waals surface area contributed by atoms with E-state index in [1.807, 2.05) is 36.4 Å². The first-order valence-electron chi connectivity index (χ1n) is 19.2. The molecule has 5 aromatic rings. The van der Waals surface area contributed by atoms with Crippen molar-refractivity contribution in [3.63, 3.8) is 0 Å². The minimum absolute atomic E-state index is 0.0425. The zero-order valence-corrected chi connectivity index (χ0v) is 34.1. The van der Waals surface area contributed by atoms with Crippen molar-refractivity contribution >= 4 is 17.6 Å². The van der Waals surface area contributed by atoms with Crippen molar-refractivity contribution in [1.82, 2.24) is 20.9 Å². The van der Waals surface area contributed by atoms with Crippen molar-refractivity contribution in [3.8, 4) is 45.6 Å². The predicted octanol–water partition coefficient (Wildman–Crippen LogP) is 5.81. The number of hydrogen-bond donors (Lipinski definition) is 7. The number of benzene rings is 4. The van der Waals surface area contributed by atoms with Crippen molar-refractivity contribution in [3.05, 3.63) is 129 Å². The third kappa shape index (κ3) is 12.2. The van der Waals surface area contributed by atoms with Crippen LogP contribution in [0.15, 0.2) is 85.2 Å². The van der Waals surface area contributed by atoms with Gasteiger partial charge in [-0.1, -0.05) is 54.1 Å². The number of nitriles is 1. The second-order valence-corrected chi connectivity index (χ2v) is 14.3. The fourth-order valence-electron chi connectivity index (χ4n) is 6.58. The van der Waals surface area contributed by atoms with Crippen molar-refractivity contribution in [2.75, 3.05) is 39.9 Å². The topological polar surface area (TPSA) is 198 Å². The lowest BCUT2D eigenvalue weighted by molar-refractivity contribution is -0.139. The third-order valence-corrected chi connectivity index (χ3v) is 10.0. The molecular formula is C45H50ClN5O8. The quantitative estimate of drug-likeness (QED) is 0.0326. The molecule has 0 fully saturated rings. The first kappa shape index (κ1) is 44.5. The van der Waals surface area contributed by atoms with E-state index < -0.39 is 24.7 Å². The molecule has 0 saturated carbocycles. The Balaban J connectivity index is 1.37. The van der Waals surface area contributed by atoms with E-state index in [-0.39, 0.29) is 32.9 Å². The normalized spacial score (nSPS) is 12.1. The molecule has 1 heterocycles. The molecular weight excluding hydrogens is 774 g/mol. The highest BCUT2D eigenvalue weighted by Gasteiger charge is 2.18. The summed E-state index contributed by atoms with van der Waals surface area (Å²) in [5, 5.41) is 57.6.